The van der Waals surface area contributed by atoms with Crippen LogP contribution in [-0.2, 0) is 14.2 Å². The first-order chi connectivity index (χ1) is 12.3. The van der Waals surface area contributed by atoms with Crippen molar-refractivity contribution in [2.45, 2.75) is 38.8 Å². The van der Waals surface area contributed by atoms with Gasteiger partial charge in [0.25, 0.3) is 0 Å². The summed E-state index contributed by atoms with van der Waals surface area (Å²) >= 11 is 11.3. The highest BCUT2D eigenvalue weighted by Crippen LogP contribution is 2.34. The first-order valence-electron chi connectivity index (χ1n) is 8.21. The van der Waals surface area contributed by atoms with Crippen molar-refractivity contribution in [1.29, 1.82) is 0 Å². The van der Waals surface area contributed by atoms with Crippen LogP contribution in [0.15, 0.2) is 42.6 Å². The van der Waals surface area contributed by atoms with Gasteiger partial charge in [-0.2, -0.15) is 0 Å². The van der Waals surface area contributed by atoms with Crippen LogP contribution in [0, 0.1) is 6.92 Å². The summed E-state index contributed by atoms with van der Waals surface area (Å²) in [5, 5.41) is 0.446. The summed E-state index contributed by atoms with van der Waals surface area (Å²) in [6.07, 6.45) is 0.765. The number of pyridine rings is 1. The van der Waals surface area contributed by atoms with Gasteiger partial charge in [-0.15, -0.1) is 0 Å². The molecule has 2 atom stereocenters. The van der Waals surface area contributed by atoms with E-state index in [-0.39, 0.29) is 11.3 Å². The molecule has 0 saturated carbocycles. The van der Waals surface area contributed by atoms with E-state index >= 15 is 0 Å². The number of ether oxygens (including phenoxy) is 4. The molecule has 2 heterocycles. The third-order valence-corrected chi connectivity index (χ3v) is 4.47. The predicted molar refractivity (Wildman–Crippen MR) is 102 cm³/mol. The van der Waals surface area contributed by atoms with Crippen molar-refractivity contribution in [3.63, 3.8) is 0 Å². The quantitative estimate of drug-likeness (QED) is 0.558. The van der Waals surface area contributed by atoms with Crippen LogP contribution in [0.2, 0.25) is 5.15 Å². The maximum absolute atomic E-state index is 6.05. The minimum atomic E-state index is -0.691. The van der Waals surface area contributed by atoms with Gasteiger partial charge in [-0.3, -0.25) is 0 Å². The molecule has 3 rings (SSSR count). The van der Waals surface area contributed by atoms with Crippen molar-refractivity contribution >= 4 is 29.1 Å². The number of thiocarbonyl (C=S) groups is 1. The Balaban J connectivity index is 1.80. The van der Waals surface area contributed by atoms with E-state index in [1.807, 2.05) is 45.0 Å². The lowest BCUT2D eigenvalue weighted by Gasteiger charge is -2.25. The Labute approximate surface area is 163 Å². The Bertz CT molecular complexity index is 784. The number of halogens is 1. The minimum Gasteiger partial charge on any atom is -0.445 e. The molecule has 1 fully saturated rings. The molecule has 0 bridgehead atoms. The topological polar surface area (TPSA) is 49.8 Å². The SMILES string of the molecule is Cc1cc(C(OC(=S)Oc2ccccc2)C2COC(C)(C)O2)cnc1Cl. The van der Waals surface area contributed by atoms with Crippen LogP contribution in [0.4, 0.5) is 0 Å². The van der Waals surface area contributed by atoms with Crippen LogP contribution < -0.4 is 4.74 Å². The molecule has 0 N–H and O–H groups in total. The van der Waals surface area contributed by atoms with E-state index < -0.39 is 11.9 Å². The number of aryl methyl sites for hydroxylation is 1. The van der Waals surface area contributed by atoms with Gasteiger partial charge in [0.15, 0.2) is 11.9 Å². The molecule has 1 aliphatic rings. The summed E-state index contributed by atoms with van der Waals surface area (Å²) in [6.45, 7) is 5.96. The van der Waals surface area contributed by atoms with Crippen LogP contribution in [0.25, 0.3) is 0 Å². The lowest BCUT2D eigenvalue weighted by atomic mass is 10.1. The fraction of sp³-hybridized carbons (Fsp3) is 0.368. The molecule has 2 unspecified atom stereocenters. The van der Waals surface area contributed by atoms with E-state index in [2.05, 4.69) is 4.98 Å². The van der Waals surface area contributed by atoms with Gasteiger partial charge in [0, 0.05) is 24.0 Å². The molecule has 5 nitrogen and oxygen atoms in total. The molecule has 26 heavy (non-hydrogen) atoms. The number of aromatic nitrogens is 1. The number of rotatable bonds is 4. The number of hydrogen-bond acceptors (Lipinski definition) is 6. The number of benzene rings is 1. The molecule has 1 aliphatic heterocycles. The third-order valence-electron chi connectivity index (χ3n) is 3.90. The lowest BCUT2D eigenvalue weighted by molar-refractivity contribution is -0.150. The molecule has 0 aliphatic carbocycles. The van der Waals surface area contributed by atoms with Gasteiger partial charge < -0.3 is 18.9 Å². The summed E-state index contributed by atoms with van der Waals surface area (Å²) in [4.78, 5) is 4.20. The van der Waals surface area contributed by atoms with Crippen LogP contribution in [0.3, 0.4) is 0 Å². The fourth-order valence-corrected chi connectivity index (χ4v) is 2.97. The van der Waals surface area contributed by atoms with Gasteiger partial charge in [-0.05, 0) is 44.5 Å². The average Bonchev–Trinajstić information content (AvgIpc) is 2.96. The molecule has 7 heteroatoms. The van der Waals surface area contributed by atoms with Crippen molar-refractivity contribution in [1.82, 2.24) is 4.98 Å². The van der Waals surface area contributed by atoms with Crippen molar-refractivity contribution in [2.75, 3.05) is 6.61 Å². The zero-order valence-electron chi connectivity index (χ0n) is 14.8. The third kappa shape index (κ3) is 4.71. The molecule has 1 saturated heterocycles. The second kappa shape index (κ2) is 7.88. The van der Waals surface area contributed by atoms with Crippen LogP contribution in [-0.4, -0.2) is 28.7 Å². The van der Waals surface area contributed by atoms with Crippen molar-refractivity contribution in [3.8, 4) is 5.75 Å². The van der Waals surface area contributed by atoms with E-state index in [1.165, 1.54) is 0 Å². The molecule has 0 spiro atoms. The first-order valence-corrected chi connectivity index (χ1v) is 9.00. The second-order valence-electron chi connectivity index (χ2n) is 6.45. The Hall–Kier alpha value is -1.73. The van der Waals surface area contributed by atoms with E-state index in [0.717, 1.165) is 11.1 Å². The van der Waals surface area contributed by atoms with E-state index in [9.17, 15) is 0 Å². The number of nitrogens with zero attached hydrogens (tertiary/aromatic N) is 1. The number of hydrogen-bond donors (Lipinski definition) is 0. The molecule has 138 valence electrons. The summed E-state index contributed by atoms with van der Waals surface area (Å²) in [6, 6.07) is 11.1. The highest BCUT2D eigenvalue weighted by atomic mass is 35.5. The summed E-state index contributed by atoms with van der Waals surface area (Å²) < 4.78 is 23.2. The van der Waals surface area contributed by atoms with Gasteiger partial charge >= 0.3 is 5.24 Å². The predicted octanol–water partition coefficient (Wildman–Crippen LogP) is 4.62. The van der Waals surface area contributed by atoms with Gasteiger partial charge in [0.2, 0.25) is 0 Å². The Morgan fingerprint density at radius 3 is 2.69 bits per heavy atom. The Morgan fingerprint density at radius 2 is 2.08 bits per heavy atom. The zero-order chi connectivity index (χ0) is 18.7. The fourth-order valence-electron chi connectivity index (χ4n) is 2.67. The molecule has 0 radical (unpaired) electrons. The van der Waals surface area contributed by atoms with Gasteiger partial charge in [0.05, 0.1) is 6.61 Å². The maximum Gasteiger partial charge on any atom is 0.358 e. The molecule has 2 aromatic rings. The van der Waals surface area contributed by atoms with E-state index in [1.54, 1.807) is 18.3 Å². The zero-order valence-corrected chi connectivity index (χ0v) is 16.3. The van der Waals surface area contributed by atoms with Crippen molar-refractivity contribution < 1.29 is 18.9 Å². The summed E-state index contributed by atoms with van der Waals surface area (Å²) in [7, 11) is 0. The Morgan fingerprint density at radius 1 is 1.35 bits per heavy atom. The van der Waals surface area contributed by atoms with Crippen LogP contribution in [0.5, 0.6) is 5.75 Å². The standard InChI is InChI=1S/C19H20ClNO4S/c1-12-9-13(10-21-17(12)20)16(15-11-22-19(2,3)25-15)24-18(26)23-14-7-5-4-6-8-14/h4-10,15-16H,11H2,1-3H3. The monoisotopic (exact) mass is 393 g/mol. The molecule has 1 aromatic heterocycles. The van der Waals surface area contributed by atoms with Gasteiger partial charge in [-0.1, -0.05) is 29.8 Å². The first kappa shape index (κ1) is 19.0. The second-order valence-corrected chi connectivity index (χ2v) is 7.14. The van der Waals surface area contributed by atoms with Crippen molar-refractivity contribution in [3.05, 3.63) is 58.9 Å². The summed E-state index contributed by atoms with van der Waals surface area (Å²) in [5.41, 5.74) is 1.63. The van der Waals surface area contributed by atoms with Crippen LogP contribution >= 0.6 is 23.8 Å². The van der Waals surface area contributed by atoms with E-state index in [0.29, 0.717) is 17.5 Å². The minimum absolute atomic E-state index is 0.00195. The molecular formula is C19H20ClNO4S. The molecule has 1 aromatic carbocycles. The Kier molecular flexibility index (Phi) is 5.77. The molecular weight excluding hydrogens is 374 g/mol. The van der Waals surface area contributed by atoms with Gasteiger partial charge in [0.1, 0.15) is 17.0 Å². The molecule has 0 amide bonds. The summed E-state index contributed by atoms with van der Waals surface area (Å²) in [5.74, 6) is -0.0890. The largest absolute Gasteiger partial charge is 0.445 e. The van der Waals surface area contributed by atoms with Gasteiger partial charge in [-0.25, -0.2) is 4.98 Å². The van der Waals surface area contributed by atoms with Crippen molar-refractivity contribution in [2.24, 2.45) is 0 Å². The average molecular weight is 394 g/mol. The lowest BCUT2D eigenvalue weighted by Crippen LogP contribution is -2.29. The highest BCUT2D eigenvalue weighted by Gasteiger charge is 2.40. The van der Waals surface area contributed by atoms with E-state index in [4.69, 9.17) is 42.8 Å². The smallest absolute Gasteiger partial charge is 0.358 e. The highest BCUT2D eigenvalue weighted by molar-refractivity contribution is 7.79. The maximum atomic E-state index is 6.05. The normalized spacial score (nSPS) is 19.8. The number of para-hydroxylation sites is 1. The van der Waals surface area contributed by atoms with Crippen LogP contribution in [0.1, 0.15) is 31.1 Å².